The second kappa shape index (κ2) is 9.42. The van der Waals surface area contributed by atoms with Crippen LogP contribution >= 0.6 is 23.2 Å². The fourth-order valence-corrected chi connectivity index (χ4v) is 3.34. The van der Waals surface area contributed by atoms with Crippen molar-refractivity contribution in [3.8, 4) is 0 Å². The highest BCUT2D eigenvalue weighted by atomic mass is 35.5. The molecule has 0 aliphatic rings. The Morgan fingerprint density at radius 1 is 1.25 bits per heavy atom. The molecule has 24 heavy (non-hydrogen) atoms. The molecule has 0 amide bonds. The Morgan fingerprint density at radius 2 is 2.08 bits per heavy atom. The second-order valence-electron chi connectivity index (χ2n) is 6.13. The van der Waals surface area contributed by atoms with Crippen LogP contribution in [0.3, 0.4) is 0 Å². The molecule has 1 heterocycles. The first-order valence-corrected chi connectivity index (χ1v) is 9.15. The molecule has 2 rings (SSSR count). The molecule has 0 aliphatic heterocycles. The zero-order valence-corrected chi connectivity index (χ0v) is 15.5. The molecule has 0 saturated carbocycles. The summed E-state index contributed by atoms with van der Waals surface area (Å²) in [5, 5.41) is 15.7. The van der Waals surface area contributed by atoms with Gasteiger partial charge in [0.1, 0.15) is 5.60 Å². The largest absolute Gasteiger partial charge is 0.382 e. The van der Waals surface area contributed by atoms with Gasteiger partial charge in [0.15, 0.2) is 0 Å². The summed E-state index contributed by atoms with van der Waals surface area (Å²) in [7, 11) is 0. The van der Waals surface area contributed by atoms with E-state index in [4.69, 9.17) is 23.2 Å². The molecule has 1 aromatic carbocycles. The molecule has 0 aliphatic carbocycles. The summed E-state index contributed by atoms with van der Waals surface area (Å²) in [6.45, 7) is 3.85. The van der Waals surface area contributed by atoms with Crippen LogP contribution in [0.2, 0.25) is 10.0 Å². The zero-order valence-electron chi connectivity index (χ0n) is 14.0. The summed E-state index contributed by atoms with van der Waals surface area (Å²) < 4.78 is 1.85. The number of imidazole rings is 1. The van der Waals surface area contributed by atoms with Crippen LogP contribution in [-0.2, 0) is 12.1 Å². The Labute approximate surface area is 153 Å². The van der Waals surface area contributed by atoms with Gasteiger partial charge in [0.25, 0.3) is 0 Å². The molecule has 1 unspecified atom stereocenters. The molecule has 2 N–H and O–H groups in total. The lowest BCUT2D eigenvalue weighted by atomic mass is 9.93. The summed E-state index contributed by atoms with van der Waals surface area (Å²) in [5.41, 5.74) is -0.462. The SMILES string of the molecule is CCCCCCNCC(O)(Cn1ccnc1)c1ccc(Cl)cc1Cl. The summed E-state index contributed by atoms with van der Waals surface area (Å²) in [5.74, 6) is 0. The molecule has 6 heteroatoms. The number of hydrogen-bond donors (Lipinski definition) is 2. The van der Waals surface area contributed by atoms with Gasteiger partial charge in [0.2, 0.25) is 0 Å². The minimum Gasteiger partial charge on any atom is -0.382 e. The van der Waals surface area contributed by atoms with E-state index >= 15 is 0 Å². The molecule has 132 valence electrons. The summed E-state index contributed by atoms with van der Waals surface area (Å²) in [4.78, 5) is 4.04. The van der Waals surface area contributed by atoms with Crippen molar-refractivity contribution in [2.45, 2.75) is 44.8 Å². The zero-order chi connectivity index (χ0) is 17.4. The number of rotatable bonds is 10. The highest BCUT2D eigenvalue weighted by molar-refractivity contribution is 6.35. The molecule has 1 aromatic heterocycles. The molecule has 0 bridgehead atoms. The van der Waals surface area contributed by atoms with Gasteiger partial charge < -0.3 is 15.0 Å². The van der Waals surface area contributed by atoms with E-state index in [9.17, 15) is 5.11 Å². The van der Waals surface area contributed by atoms with Crippen molar-refractivity contribution in [3.63, 3.8) is 0 Å². The van der Waals surface area contributed by atoms with E-state index in [1.165, 1.54) is 19.3 Å². The maximum Gasteiger partial charge on any atom is 0.121 e. The monoisotopic (exact) mass is 369 g/mol. The number of hydrogen-bond acceptors (Lipinski definition) is 3. The smallest absolute Gasteiger partial charge is 0.121 e. The third kappa shape index (κ3) is 5.49. The number of nitrogens with zero attached hydrogens (tertiary/aromatic N) is 2. The maximum atomic E-state index is 11.3. The van der Waals surface area contributed by atoms with Crippen LogP contribution < -0.4 is 5.32 Å². The Morgan fingerprint density at radius 3 is 2.75 bits per heavy atom. The second-order valence-corrected chi connectivity index (χ2v) is 6.97. The molecule has 0 spiro atoms. The van der Waals surface area contributed by atoms with Gasteiger partial charge in [-0.3, -0.25) is 0 Å². The predicted molar refractivity (Wildman–Crippen MR) is 99.6 cm³/mol. The normalized spacial score (nSPS) is 13.8. The van der Waals surface area contributed by atoms with Crippen molar-refractivity contribution in [1.82, 2.24) is 14.9 Å². The van der Waals surface area contributed by atoms with Gasteiger partial charge in [-0.25, -0.2) is 4.98 Å². The van der Waals surface area contributed by atoms with Crippen LogP contribution in [0.4, 0.5) is 0 Å². The molecular formula is C18H25Cl2N3O. The van der Waals surface area contributed by atoms with Gasteiger partial charge >= 0.3 is 0 Å². The molecule has 0 saturated heterocycles. The Hall–Kier alpha value is -1.07. The van der Waals surface area contributed by atoms with Crippen LogP contribution in [0.15, 0.2) is 36.9 Å². The van der Waals surface area contributed by atoms with Gasteiger partial charge in [-0.2, -0.15) is 0 Å². The van der Waals surface area contributed by atoms with E-state index in [0.29, 0.717) is 28.7 Å². The molecule has 0 fully saturated rings. The first-order valence-electron chi connectivity index (χ1n) is 8.39. The van der Waals surface area contributed by atoms with Gasteiger partial charge in [-0.1, -0.05) is 55.5 Å². The maximum absolute atomic E-state index is 11.3. The third-order valence-electron chi connectivity index (χ3n) is 4.06. The highest BCUT2D eigenvalue weighted by Gasteiger charge is 2.31. The molecule has 4 nitrogen and oxygen atoms in total. The first kappa shape index (κ1) is 19.3. The van der Waals surface area contributed by atoms with Crippen LogP contribution in [0.25, 0.3) is 0 Å². The lowest BCUT2D eigenvalue weighted by Crippen LogP contribution is -2.42. The average molecular weight is 370 g/mol. The van der Waals surface area contributed by atoms with Crippen molar-refractivity contribution in [1.29, 1.82) is 0 Å². The number of unbranched alkanes of at least 4 members (excludes halogenated alkanes) is 3. The number of aromatic nitrogens is 2. The average Bonchev–Trinajstić information content (AvgIpc) is 3.03. The molecule has 2 aromatic rings. The minimum atomic E-state index is -1.13. The number of aliphatic hydroxyl groups is 1. The van der Waals surface area contributed by atoms with Crippen LogP contribution in [0, 0.1) is 0 Å². The molecule has 1 atom stereocenters. The summed E-state index contributed by atoms with van der Waals surface area (Å²) in [6, 6.07) is 5.21. The highest BCUT2D eigenvalue weighted by Crippen LogP contribution is 2.31. The minimum absolute atomic E-state index is 0.371. The van der Waals surface area contributed by atoms with Crippen LogP contribution in [-0.4, -0.2) is 27.7 Å². The lowest BCUT2D eigenvalue weighted by Gasteiger charge is -2.30. The van der Waals surface area contributed by atoms with Crippen molar-refractivity contribution in [2.75, 3.05) is 13.1 Å². The van der Waals surface area contributed by atoms with Crippen molar-refractivity contribution >= 4 is 23.2 Å². The van der Waals surface area contributed by atoms with Crippen LogP contribution in [0.5, 0.6) is 0 Å². The number of nitrogens with one attached hydrogen (secondary N) is 1. The van der Waals surface area contributed by atoms with E-state index in [1.807, 2.05) is 10.8 Å². The van der Waals surface area contributed by atoms with Gasteiger partial charge in [-0.15, -0.1) is 0 Å². The Bertz CT molecular complexity index is 619. The van der Waals surface area contributed by atoms with E-state index in [-0.39, 0.29) is 0 Å². The lowest BCUT2D eigenvalue weighted by molar-refractivity contribution is 0.0190. The first-order chi connectivity index (χ1) is 11.5. The molecular weight excluding hydrogens is 345 g/mol. The van der Waals surface area contributed by atoms with Gasteiger partial charge in [0, 0.05) is 34.5 Å². The van der Waals surface area contributed by atoms with Gasteiger partial charge in [-0.05, 0) is 25.1 Å². The predicted octanol–water partition coefficient (Wildman–Crippen LogP) is 4.25. The standard InChI is InChI=1S/C18H25Cl2N3O/c1-2-3-4-5-8-21-12-18(24,13-23-10-9-22-14-23)16-7-6-15(19)11-17(16)20/h6-7,9-11,14,21,24H,2-5,8,12-13H2,1H3. The summed E-state index contributed by atoms with van der Waals surface area (Å²) in [6.07, 6.45) is 9.97. The number of benzene rings is 1. The third-order valence-corrected chi connectivity index (χ3v) is 4.61. The summed E-state index contributed by atoms with van der Waals surface area (Å²) >= 11 is 12.3. The molecule has 0 radical (unpaired) electrons. The number of halogens is 2. The van der Waals surface area contributed by atoms with Crippen LogP contribution in [0.1, 0.15) is 38.2 Å². The topological polar surface area (TPSA) is 50.1 Å². The van der Waals surface area contributed by atoms with Gasteiger partial charge in [0.05, 0.1) is 12.9 Å². The fourth-order valence-electron chi connectivity index (χ4n) is 2.76. The van der Waals surface area contributed by atoms with Crippen molar-refractivity contribution < 1.29 is 5.11 Å². The van der Waals surface area contributed by atoms with Crippen molar-refractivity contribution in [3.05, 3.63) is 52.5 Å². The Kier molecular flexibility index (Phi) is 7.56. The fraction of sp³-hybridized carbons (Fsp3) is 0.500. The van der Waals surface area contributed by atoms with E-state index in [1.54, 1.807) is 30.7 Å². The quantitative estimate of drug-likeness (QED) is 0.615. The van der Waals surface area contributed by atoms with E-state index in [0.717, 1.165) is 13.0 Å². The Balaban J connectivity index is 2.09. The van der Waals surface area contributed by atoms with E-state index < -0.39 is 5.60 Å². The van der Waals surface area contributed by atoms with E-state index in [2.05, 4.69) is 17.2 Å². The van der Waals surface area contributed by atoms with Crippen molar-refractivity contribution in [2.24, 2.45) is 0 Å².